The normalized spacial score (nSPS) is 15.7. The van der Waals surface area contributed by atoms with Gasteiger partial charge in [0.25, 0.3) is 0 Å². The lowest BCUT2D eigenvalue weighted by Gasteiger charge is -2.36. The van der Waals surface area contributed by atoms with Crippen molar-refractivity contribution >= 4 is 23.2 Å². The predicted octanol–water partition coefficient (Wildman–Crippen LogP) is 2.27. The van der Waals surface area contributed by atoms with E-state index < -0.39 is 0 Å². The zero-order valence-electron chi connectivity index (χ0n) is 14.8. The molecule has 0 bridgehead atoms. The van der Waals surface area contributed by atoms with Gasteiger partial charge in [0, 0.05) is 55.7 Å². The Morgan fingerprint density at radius 2 is 1.88 bits per heavy atom. The van der Waals surface area contributed by atoms with Gasteiger partial charge in [-0.3, -0.25) is 4.68 Å². The molecule has 2 N–H and O–H groups in total. The van der Waals surface area contributed by atoms with Gasteiger partial charge in [-0.05, 0) is 30.7 Å². The zero-order chi connectivity index (χ0) is 17.8. The standard InChI is InChI=1S/C18H25ClN6/c1-3-17-14(13-23(2)22-17)12-21-18(20)25-10-8-24(9-11-25)16-6-4-15(19)5-7-16/h4-7,13H,3,8-12H2,1-2H3,(H2,20,21). The highest BCUT2D eigenvalue weighted by atomic mass is 35.5. The van der Waals surface area contributed by atoms with Crippen LogP contribution in [0.25, 0.3) is 0 Å². The molecule has 7 heteroatoms. The molecule has 2 aromatic rings. The van der Waals surface area contributed by atoms with Crippen LogP contribution in [0.1, 0.15) is 18.2 Å². The second-order valence-corrected chi connectivity index (χ2v) is 6.69. The van der Waals surface area contributed by atoms with E-state index in [1.165, 1.54) is 5.69 Å². The molecule has 1 saturated heterocycles. The summed E-state index contributed by atoms with van der Waals surface area (Å²) in [5.41, 5.74) is 9.64. The molecule has 1 aliphatic rings. The molecule has 3 rings (SSSR count). The number of nitrogens with two attached hydrogens (primary N) is 1. The number of aromatic nitrogens is 2. The van der Waals surface area contributed by atoms with Crippen LogP contribution in [0.15, 0.2) is 35.5 Å². The highest BCUT2D eigenvalue weighted by Gasteiger charge is 2.18. The average Bonchev–Trinajstić information content (AvgIpc) is 3.00. The quantitative estimate of drug-likeness (QED) is 0.671. The zero-order valence-corrected chi connectivity index (χ0v) is 15.6. The summed E-state index contributed by atoms with van der Waals surface area (Å²) in [6.07, 6.45) is 2.93. The summed E-state index contributed by atoms with van der Waals surface area (Å²) in [7, 11) is 1.94. The summed E-state index contributed by atoms with van der Waals surface area (Å²) in [5, 5.41) is 5.21. The highest BCUT2D eigenvalue weighted by molar-refractivity contribution is 6.30. The van der Waals surface area contributed by atoms with Crippen LogP contribution in [0.3, 0.4) is 0 Å². The second kappa shape index (κ2) is 7.78. The maximum Gasteiger partial charge on any atom is 0.191 e. The molecule has 0 radical (unpaired) electrons. The van der Waals surface area contributed by atoms with E-state index >= 15 is 0 Å². The summed E-state index contributed by atoms with van der Waals surface area (Å²) in [6, 6.07) is 7.98. The van der Waals surface area contributed by atoms with Crippen molar-refractivity contribution in [2.75, 3.05) is 31.1 Å². The van der Waals surface area contributed by atoms with Crippen LogP contribution in [0, 0.1) is 0 Å². The smallest absolute Gasteiger partial charge is 0.191 e. The van der Waals surface area contributed by atoms with E-state index in [9.17, 15) is 0 Å². The lowest BCUT2D eigenvalue weighted by Crippen LogP contribution is -2.51. The minimum Gasteiger partial charge on any atom is -0.370 e. The molecule has 2 heterocycles. The van der Waals surface area contributed by atoms with Gasteiger partial charge in [-0.25, -0.2) is 4.99 Å². The summed E-state index contributed by atoms with van der Waals surface area (Å²) < 4.78 is 1.84. The van der Waals surface area contributed by atoms with E-state index in [-0.39, 0.29) is 0 Å². The van der Waals surface area contributed by atoms with Crippen LogP contribution in [-0.4, -0.2) is 46.8 Å². The Hall–Kier alpha value is -2.21. The molecule has 0 aliphatic carbocycles. The Morgan fingerprint density at radius 3 is 2.52 bits per heavy atom. The molecule has 1 fully saturated rings. The number of halogens is 1. The van der Waals surface area contributed by atoms with Crippen molar-refractivity contribution < 1.29 is 0 Å². The Kier molecular flexibility index (Phi) is 5.48. The van der Waals surface area contributed by atoms with E-state index in [0.29, 0.717) is 12.5 Å². The Bertz CT molecular complexity index is 729. The predicted molar refractivity (Wildman–Crippen MR) is 103 cm³/mol. The number of aryl methyl sites for hydroxylation is 2. The van der Waals surface area contributed by atoms with Crippen LogP contribution in [0.2, 0.25) is 5.02 Å². The molecule has 0 unspecified atom stereocenters. The van der Waals surface area contributed by atoms with Crippen molar-refractivity contribution in [3.63, 3.8) is 0 Å². The van der Waals surface area contributed by atoms with Gasteiger partial charge < -0.3 is 15.5 Å². The van der Waals surface area contributed by atoms with Crippen molar-refractivity contribution in [1.82, 2.24) is 14.7 Å². The van der Waals surface area contributed by atoms with Gasteiger partial charge in [-0.2, -0.15) is 5.10 Å². The first kappa shape index (κ1) is 17.6. The molecule has 134 valence electrons. The molecule has 6 nitrogen and oxygen atoms in total. The van der Waals surface area contributed by atoms with Crippen molar-refractivity contribution in [3.05, 3.63) is 46.7 Å². The molecule has 0 atom stereocenters. The van der Waals surface area contributed by atoms with Crippen LogP contribution >= 0.6 is 11.6 Å². The number of piperazine rings is 1. The summed E-state index contributed by atoms with van der Waals surface area (Å²) in [6.45, 7) is 6.27. The number of nitrogens with zero attached hydrogens (tertiary/aromatic N) is 5. The first-order valence-corrected chi connectivity index (χ1v) is 9.01. The van der Waals surface area contributed by atoms with Crippen LogP contribution in [-0.2, 0) is 20.0 Å². The highest BCUT2D eigenvalue weighted by Crippen LogP contribution is 2.19. The van der Waals surface area contributed by atoms with E-state index in [1.807, 2.05) is 30.1 Å². The molecule has 25 heavy (non-hydrogen) atoms. The molecular weight excluding hydrogens is 336 g/mol. The molecule has 1 aromatic heterocycles. The lowest BCUT2D eigenvalue weighted by atomic mass is 10.2. The van der Waals surface area contributed by atoms with Gasteiger partial charge in [-0.1, -0.05) is 18.5 Å². The van der Waals surface area contributed by atoms with Gasteiger partial charge in [0.05, 0.1) is 12.2 Å². The Labute approximate surface area is 153 Å². The fourth-order valence-corrected chi connectivity index (χ4v) is 3.25. The molecule has 0 amide bonds. The van der Waals surface area contributed by atoms with Gasteiger partial charge in [-0.15, -0.1) is 0 Å². The third-order valence-electron chi connectivity index (χ3n) is 4.53. The minimum absolute atomic E-state index is 0.584. The first-order chi connectivity index (χ1) is 12.1. The summed E-state index contributed by atoms with van der Waals surface area (Å²) in [4.78, 5) is 9.07. The van der Waals surface area contributed by atoms with Crippen molar-refractivity contribution in [3.8, 4) is 0 Å². The number of hydrogen-bond donors (Lipinski definition) is 1. The van der Waals surface area contributed by atoms with E-state index in [2.05, 4.69) is 38.9 Å². The molecule has 1 aromatic carbocycles. The molecule has 1 aliphatic heterocycles. The van der Waals surface area contributed by atoms with Gasteiger partial charge >= 0.3 is 0 Å². The topological polar surface area (TPSA) is 62.7 Å². The number of guanidine groups is 1. The van der Waals surface area contributed by atoms with Crippen LogP contribution in [0.4, 0.5) is 5.69 Å². The maximum atomic E-state index is 6.21. The minimum atomic E-state index is 0.584. The van der Waals surface area contributed by atoms with Gasteiger partial charge in [0.15, 0.2) is 5.96 Å². The Balaban J connectivity index is 1.57. The third kappa shape index (κ3) is 4.25. The lowest BCUT2D eigenvalue weighted by molar-refractivity contribution is 0.380. The van der Waals surface area contributed by atoms with Gasteiger partial charge in [0.1, 0.15) is 0 Å². The first-order valence-electron chi connectivity index (χ1n) is 8.63. The number of anilines is 1. The Morgan fingerprint density at radius 1 is 1.20 bits per heavy atom. The maximum absolute atomic E-state index is 6.21. The van der Waals surface area contributed by atoms with Crippen molar-refractivity contribution in [2.45, 2.75) is 19.9 Å². The van der Waals surface area contributed by atoms with Crippen LogP contribution in [0.5, 0.6) is 0 Å². The number of hydrogen-bond acceptors (Lipinski definition) is 3. The van der Waals surface area contributed by atoms with Crippen molar-refractivity contribution in [2.24, 2.45) is 17.8 Å². The fourth-order valence-electron chi connectivity index (χ4n) is 3.13. The fraction of sp³-hybridized carbons (Fsp3) is 0.444. The monoisotopic (exact) mass is 360 g/mol. The molecular formula is C18H25ClN6. The van der Waals surface area contributed by atoms with E-state index in [1.54, 1.807) is 0 Å². The van der Waals surface area contributed by atoms with Crippen molar-refractivity contribution in [1.29, 1.82) is 0 Å². The SMILES string of the molecule is CCc1nn(C)cc1CN=C(N)N1CCN(c2ccc(Cl)cc2)CC1. The number of benzene rings is 1. The number of aliphatic imine (C=N–C) groups is 1. The second-order valence-electron chi connectivity index (χ2n) is 6.25. The largest absolute Gasteiger partial charge is 0.370 e. The van der Waals surface area contributed by atoms with E-state index in [0.717, 1.165) is 48.9 Å². The van der Waals surface area contributed by atoms with Gasteiger partial charge in [0.2, 0.25) is 0 Å². The average molecular weight is 361 g/mol. The van der Waals surface area contributed by atoms with E-state index in [4.69, 9.17) is 17.3 Å². The van der Waals surface area contributed by atoms with Crippen LogP contribution < -0.4 is 10.6 Å². The third-order valence-corrected chi connectivity index (χ3v) is 4.79. The summed E-state index contributed by atoms with van der Waals surface area (Å²) in [5.74, 6) is 0.613. The molecule has 0 spiro atoms. The number of rotatable bonds is 4. The summed E-state index contributed by atoms with van der Waals surface area (Å²) >= 11 is 5.96. The molecule has 0 saturated carbocycles.